The minimum Gasteiger partial charge on any atom is -0.212 e. The van der Waals surface area contributed by atoms with Gasteiger partial charge in [-0.1, -0.05) is 50.0 Å². The predicted octanol–water partition coefficient (Wildman–Crippen LogP) is 5.03. The van der Waals surface area contributed by atoms with Crippen LogP contribution in [0.15, 0.2) is 0 Å². The number of hydrogen-bond acceptors (Lipinski definition) is 2. The third kappa shape index (κ3) is 9.76. The highest BCUT2D eigenvalue weighted by Crippen LogP contribution is 2.29. The molecule has 0 aliphatic heterocycles. The lowest BCUT2D eigenvalue weighted by atomic mass is 9.80. The van der Waals surface area contributed by atoms with Gasteiger partial charge in [0.2, 0.25) is 10.0 Å². The lowest BCUT2D eigenvalue weighted by Crippen LogP contribution is -2.46. The molecule has 0 unspecified atom stereocenters. The summed E-state index contributed by atoms with van der Waals surface area (Å²) in [5.74, 6) is 0.495. The van der Waals surface area contributed by atoms with Crippen molar-refractivity contribution in [2.45, 2.75) is 82.7 Å². The molecule has 20 heavy (non-hydrogen) atoms. The molecule has 0 bridgehead atoms. The molecule has 0 aliphatic rings. The van der Waals surface area contributed by atoms with Gasteiger partial charge in [0.25, 0.3) is 0 Å². The number of hydrogen-bond donors (Lipinski definition) is 0. The molecule has 0 N–H and O–H groups in total. The van der Waals surface area contributed by atoms with Gasteiger partial charge in [-0.15, -0.1) is 0 Å². The topological polar surface area (TPSA) is 37.4 Å². The molecule has 0 heterocycles. The molecule has 0 aromatic rings. The molecule has 1 atom stereocenters. The SMILES string of the molecule is C.C.C.C[C@H](CCN(C(C)(C)C)S(C)(=O)=O)C(C)(C)C. The van der Waals surface area contributed by atoms with Crippen LogP contribution in [0.1, 0.15) is 77.2 Å². The third-order valence-corrected chi connectivity index (χ3v) is 4.92. The van der Waals surface area contributed by atoms with Crippen LogP contribution in [0.4, 0.5) is 0 Å². The van der Waals surface area contributed by atoms with E-state index in [9.17, 15) is 8.42 Å². The van der Waals surface area contributed by atoms with Crippen LogP contribution in [0, 0.1) is 11.3 Å². The molecule has 0 spiro atoms. The fourth-order valence-electron chi connectivity index (χ4n) is 1.74. The van der Waals surface area contributed by atoms with Gasteiger partial charge in [0.1, 0.15) is 0 Å². The Morgan fingerprint density at radius 1 is 0.950 bits per heavy atom. The monoisotopic (exact) mass is 311 g/mol. The summed E-state index contributed by atoms with van der Waals surface area (Å²) in [4.78, 5) is 0. The van der Waals surface area contributed by atoms with Gasteiger partial charge in [0, 0.05) is 12.1 Å². The van der Waals surface area contributed by atoms with Gasteiger partial charge in [-0.3, -0.25) is 0 Å². The molecule has 0 saturated heterocycles. The fourth-order valence-corrected chi connectivity index (χ4v) is 3.17. The molecule has 128 valence electrons. The van der Waals surface area contributed by atoms with E-state index in [2.05, 4.69) is 27.7 Å². The molecule has 4 heteroatoms. The highest BCUT2D eigenvalue weighted by atomic mass is 32.2. The lowest BCUT2D eigenvalue weighted by molar-refractivity contribution is 0.192. The van der Waals surface area contributed by atoms with Crippen molar-refractivity contribution in [1.82, 2.24) is 4.31 Å². The average molecular weight is 312 g/mol. The molecule has 3 nitrogen and oxygen atoms in total. The van der Waals surface area contributed by atoms with Crippen LogP contribution < -0.4 is 0 Å². The normalized spacial score (nSPS) is 13.8. The van der Waals surface area contributed by atoms with Crippen LogP contribution in [0.25, 0.3) is 0 Å². The van der Waals surface area contributed by atoms with Gasteiger partial charge in [0.05, 0.1) is 6.26 Å². The van der Waals surface area contributed by atoms with E-state index in [1.807, 2.05) is 20.8 Å². The van der Waals surface area contributed by atoms with Crippen molar-refractivity contribution in [3.63, 3.8) is 0 Å². The van der Waals surface area contributed by atoms with Crippen molar-refractivity contribution >= 4 is 10.0 Å². The van der Waals surface area contributed by atoms with Crippen LogP contribution in [-0.4, -0.2) is 31.1 Å². The van der Waals surface area contributed by atoms with Crippen LogP contribution in [-0.2, 0) is 10.0 Å². The van der Waals surface area contributed by atoms with E-state index < -0.39 is 10.0 Å². The molecule has 0 amide bonds. The zero-order valence-electron chi connectivity index (χ0n) is 12.7. The zero-order chi connectivity index (χ0) is 14.1. The van der Waals surface area contributed by atoms with E-state index in [1.165, 1.54) is 6.26 Å². The van der Waals surface area contributed by atoms with Gasteiger partial charge in [-0.05, 0) is 38.5 Å². The first-order valence-corrected chi connectivity index (χ1v) is 8.09. The van der Waals surface area contributed by atoms with E-state index in [4.69, 9.17) is 0 Å². The molecular formula is C16H41NO2S. The zero-order valence-corrected chi connectivity index (χ0v) is 13.5. The minimum atomic E-state index is -3.13. The van der Waals surface area contributed by atoms with Crippen molar-refractivity contribution < 1.29 is 8.42 Å². The number of rotatable bonds is 4. The number of sulfonamides is 1. The van der Waals surface area contributed by atoms with Gasteiger partial charge in [-0.2, -0.15) is 4.31 Å². The summed E-state index contributed by atoms with van der Waals surface area (Å²) in [6.45, 7) is 15.2. The van der Waals surface area contributed by atoms with Crippen molar-refractivity contribution in [2.24, 2.45) is 11.3 Å². The summed E-state index contributed by atoms with van der Waals surface area (Å²) < 4.78 is 25.1. The molecular weight excluding hydrogens is 270 g/mol. The second-order valence-electron chi connectivity index (χ2n) is 7.06. The molecule has 0 aromatic carbocycles. The molecule has 0 aromatic heterocycles. The standard InChI is InChI=1S/C13H29NO2S.3CH4/c1-11(12(2,3)4)9-10-14(13(5,6)7)17(8,15)16;;;/h11H,9-10H2,1-8H3;3*1H4/t11-;;;/m1.../s1. The summed E-state index contributed by atoms with van der Waals surface area (Å²) in [5, 5.41) is 0. The van der Waals surface area contributed by atoms with E-state index in [0.717, 1.165) is 6.42 Å². The quantitative estimate of drug-likeness (QED) is 0.730. The Kier molecular flexibility index (Phi) is 12.7. The van der Waals surface area contributed by atoms with Crippen LogP contribution in [0.5, 0.6) is 0 Å². The van der Waals surface area contributed by atoms with E-state index in [0.29, 0.717) is 12.5 Å². The molecule has 0 saturated carbocycles. The third-order valence-electron chi connectivity index (χ3n) is 3.39. The van der Waals surface area contributed by atoms with E-state index >= 15 is 0 Å². The largest absolute Gasteiger partial charge is 0.212 e. The maximum Gasteiger partial charge on any atom is 0.211 e. The van der Waals surface area contributed by atoms with Crippen molar-refractivity contribution in [1.29, 1.82) is 0 Å². The first-order chi connectivity index (χ1) is 7.26. The Morgan fingerprint density at radius 2 is 1.30 bits per heavy atom. The summed E-state index contributed by atoms with van der Waals surface area (Å²) in [6.07, 6.45) is 2.19. The summed E-state index contributed by atoms with van der Waals surface area (Å²) in [6, 6.07) is 0. The van der Waals surface area contributed by atoms with Gasteiger partial charge in [0.15, 0.2) is 0 Å². The van der Waals surface area contributed by atoms with Crippen molar-refractivity contribution in [2.75, 3.05) is 12.8 Å². The molecule has 0 radical (unpaired) electrons. The van der Waals surface area contributed by atoms with E-state index in [-0.39, 0.29) is 33.2 Å². The van der Waals surface area contributed by atoms with Gasteiger partial charge >= 0.3 is 0 Å². The van der Waals surface area contributed by atoms with Crippen molar-refractivity contribution in [3.8, 4) is 0 Å². The Bertz CT molecular complexity index is 334. The Hall–Kier alpha value is -0.0900. The lowest BCUT2D eigenvalue weighted by Gasteiger charge is -2.36. The maximum atomic E-state index is 11.8. The first-order valence-electron chi connectivity index (χ1n) is 6.24. The minimum absolute atomic E-state index is 0. The maximum absolute atomic E-state index is 11.8. The Balaban J connectivity index is -0.000000427. The molecule has 0 rings (SSSR count). The second-order valence-corrected chi connectivity index (χ2v) is 8.97. The molecule has 0 aliphatic carbocycles. The predicted molar refractivity (Wildman–Crippen MR) is 94.7 cm³/mol. The highest BCUT2D eigenvalue weighted by molar-refractivity contribution is 7.88. The van der Waals surface area contributed by atoms with Crippen LogP contribution in [0.2, 0.25) is 0 Å². The van der Waals surface area contributed by atoms with Gasteiger partial charge < -0.3 is 0 Å². The fraction of sp³-hybridized carbons (Fsp3) is 1.00. The smallest absolute Gasteiger partial charge is 0.211 e. The Morgan fingerprint density at radius 3 is 1.50 bits per heavy atom. The van der Waals surface area contributed by atoms with E-state index in [1.54, 1.807) is 4.31 Å². The average Bonchev–Trinajstić information content (AvgIpc) is 1.96. The summed E-state index contributed by atoms with van der Waals surface area (Å²) >= 11 is 0. The second kappa shape index (κ2) is 9.04. The summed E-state index contributed by atoms with van der Waals surface area (Å²) in [7, 11) is -3.13. The van der Waals surface area contributed by atoms with Crippen molar-refractivity contribution in [3.05, 3.63) is 0 Å². The first kappa shape index (κ1) is 28.1. The number of nitrogens with zero attached hydrogens (tertiary/aromatic N) is 1. The van der Waals surface area contributed by atoms with Gasteiger partial charge in [-0.25, -0.2) is 8.42 Å². The van der Waals surface area contributed by atoms with Crippen LogP contribution >= 0.6 is 0 Å². The van der Waals surface area contributed by atoms with Crippen LogP contribution in [0.3, 0.4) is 0 Å². The summed E-state index contributed by atoms with van der Waals surface area (Å²) in [5.41, 5.74) is -0.119. The highest BCUT2D eigenvalue weighted by Gasteiger charge is 2.30. The molecule has 0 fully saturated rings. The Labute approximate surface area is 130 Å².